The molecule has 25 heavy (non-hydrogen) atoms. The van der Waals surface area contributed by atoms with Gasteiger partial charge in [-0.25, -0.2) is 0 Å². The molecule has 2 N–H and O–H groups in total. The highest BCUT2D eigenvalue weighted by Gasteiger charge is 2.55. The molecule has 1 spiro atoms. The van der Waals surface area contributed by atoms with E-state index in [-0.39, 0.29) is 11.6 Å². The van der Waals surface area contributed by atoms with Crippen molar-refractivity contribution in [3.8, 4) is 11.5 Å². The molecule has 2 heterocycles. The molecule has 3 aliphatic rings. The first-order chi connectivity index (χ1) is 12.0. The molecule has 0 radical (unpaired) electrons. The summed E-state index contributed by atoms with van der Waals surface area (Å²) in [5.74, 6) is 1.27. The van der Waals surface area contributed by atoms with Gasteiger partial charge in [-0.3, -0.25) is 4.90 Å². The van der Waals surface area contributed by atoms with Crippen molar-refractivity contribution in [2.45, 2.75) is 36.7 Å². The third-order valence-corrected chi connectivity index (χ3v) is 6.03. The fraction of sp³-hybridized carbons (Fsp3) is 0.579. The number of aliphatic hydroxyl groups excluding tert-OH is 2. The summed E-state index contributed by atoms with van der Waals surface area (Å²) in [4.78, 5) is 2.32. The minimum absolute atomic E-state index is 0.277. The Balaban J connectivity index is 1.94. The maximum Gasteiger partial charge on any atom is 0.161 e. The van der Waals surface area contributed by atoms with Gasteiger partial charge in [-0.1, -0.05) is 6.08 Å². The van der Waals surface area contributed by atoms with E-state index in [0.717, 1.165) is 24.1 Å². The molecule has 4 atom stereocenters. The fourth-order valence-corrected chi connectivity index (χ4v) is 4.82. The van der Waals surface area contributed by atoms with Gasteiger partial charge < -0.3 is 24.4 Å². The summed E-state index contributed by atoms with van der Waals surface area (Å²) in [7, 11) is 4.85. The summed E-state index contributed by atoms with van der Waals surface area (Å²) in [6, 6.07) is 3.86. The van der Waals surface area contributed by atoms with Gasteiger partial charge >= 0.3 is 0 Å². The monoisotopic (exact) mass is 347 g/mol. The van der Waals surface area contributed by atoms with Gasteiger partial charge in [0.05, 0.1) is 38.1 Å². The number of ether oxygens (including phenoxy) is 3. The fourth-order valence-electron chi connectivity index (χ4n) is 4.82. The SMILES string of the molecule is COc1cc2c(cc1OC)[C@]13CC(OC)[C@H](O)C=C1CCN3C[C@@H]2O. The van der Waals surface area contributed by atoms with Crippen LogP contribution in [0.4, 0.5) is 0 Å². The van der Waals surface area contributed by atoms with E-state index in [9.17, 15) is 10.2 Å². The van der Waals surface area contributed by atoms with E-state index >= 15 is 0 Å². The van der Waals surface area contributed by atoms with E-state index in [0.29, 0.717) is 24.5 Å². The Morgan fingerprint density at radius 3 is 2.52 bits per heavy atom. The van der Waals surface area contributed by atoms with E-state index in [1.54, 1.807) is 21.3 Å². The lowest BCUT2D eigenvalue weighted by atomic mass is 9.69. The Kier molecular flexibility index (Phi) is 4.03. The lowest BCUT2D eigenvalue weighted by Gasteiger charge is -2.50. The van der Waals surface area contributed by atoms with Gasteiger partial charge in [0, 0.05) is 26.6 Å². The molecule has 0 saturated carbocycles. The zero-order valence-corrected chi connectivity index (χ0v) is 14.9. The molecule has 0 amide bonds. The molecule has 1 aromatic rings. The second kappa shape index (κ2) is 5.99. The number of hydrogen-bond donors (Lipinski definition) is 2. The van der Waals surface area contributed by atoms with Gasteiger partial charge in [0.15, 0.2) is 11.5 Å². The highest BCUT2D eigenvalue weighted by Crippen LogP contribution is 2.55. The van der Waals surface area contributed by atoms with Crippen LogP contribution in [0.3, 0.4) is 0 Å². The van der Waals surface area contributed by atoms with Crippen LogP contribution in [-0.4, -0.2) is 61.7 Å². The van der Waals surface area contributed by atoms with Crippen LogP contribution in [0, 0.1) is 0 Å². The minimum Gasteiger partial charge on any atom is -0.493 e. The number of benzene rings is 1. The van der Waals surface area contributed by atoms with E-state index in [2.05, 4.69) is 4.90 Å². The Morgan fingerprint density at radius 1 is 1.12 bits per heavy atom. The summed E-state index contributed by atoms with van der Waals surface area (Å²) in [5.41, 5.74) is 2.75. The Morgan fingerprint density at radius 2 is 1.84 bits per heavy atom. The average molecular weight is 347 g/mol. The van der Waals surface area contributed by atoms with Crippen LogP contribution >= 0.6 is 0 Å². The molecule has 0 aromatic heterocycles. The molecule has 1 saturated heterocycles. The van der Waals surface area contributed by atoms with Crippen molar-refractivity contribution in [2.24, 2.45) is 0 Å². The summed E-state index contributed by atoms with van der Waals surface area (Å²) in [6.45, 7) is 1.42. The summed E-state index contributed by atoms with van der Waals surface area (Å²) in [5, 5.41) is 21.1. The number of hydrogen-bond acceptors (Lipinski definition) is 6. The summed E-state index contributed by atoms with van der Waals surface area (Å²) >= 11 is 0. The van der Waals surface area contributed by atoms with Crippen LogP contribution in [0.5, 0.6) is 11.5 Å². The first-order valence-corrected chi connectivity index (χ1v) is 8.66. The lowest BCUT2D eigenvalue weighted by Crippen LogP contribution is -2.53. The van der Waals surface area contributed by atoms with Crippen LogP contribution in [-0.2, 0) is 10.3 Å². The van der Waals surface area contributed by atoms with Crippen molar-refractivity contribution in [1.29, 1.82) is 0 Å². The van der Waals surface area contributed by atoms with Crippen LogP contribution in [0.1, 0.15) is 30.1 Å². The molecule has 1 fully saturated rings. The van der Waals surface area contributed by atoms with E-state index < -0.39 is 12.2 Å². The van der Waals surface area contributed by atoms with Gasteiger partial charge in [-0.2, -0.15) is 0 Å². The van der Waals surface area contributed by atoms with E-state index in [1.807, 2.05) is 18.2 Å². The second-order valence-electron chi connectivity index (χ2n) is 7.03. The number of nitrogens with zero attached hydrogens (tertiary/aromatic N) is 1. The predicted molar refractivity (Wildman–Crippen MR) is 91.9 cm³/mol. The third-order valence-electron chi connectivity index (χ3n) is 6.03. The molecular weight excluding hydrogens is 322 g/mol. The zero-order valence-electron chi connectivity index (χ0n) is 14.9. The van der Waals surface area contributed by atoms with Crippen molar-refractivity contribution in [1.82, 2.24) is 4.90 Å². The average Bonchev–Trinajstić information content (AvgIpc) is 2.98. The molecule has 6 nitrogen and oxygen atoms in total. The van der Waals surface area contributed by atoms with Crippen molar-refractivity contribution in [3.05, 3.63) is 34.9 Å². The third kappa shape index (κ3) is 2.25. The number of fused-ring (bicyclic) bond motifs is 1. The van der Waals surface area contributed by atoms with Gasteiger partial charge in [-0.05, 0) is 35.3 Å². The minimum atomic E-state index is -0.596. The Hall–Kier alpha value is -1.60. The maximum absolute atomic E-state index is 10.7. The molecule has 2 aliphatic heterocycles. The van der Waals surface area contributed by atoms with Crippen LogP contribution < -0.4 is 9.47 Å². The molecule has 136 valence electrons. The van der Waals surface area contributed by atoms with Crippen LogP contribution in [0.25, 0.3) is 0 Å². The normalized spacial score (nSPS) is 34.0. The van der Waals surface area contributed by atoms with Crippen LogP contribution in [0.2, 0.25) is 0 Å². The zero-order chi connectivity index (χ0) is 17.8. The number of rotatable bonds is 3. The molecule has 1 aliphatic carbocycles. The Labute approximate surface area is 147 Å². The highest BCUT2D eigenvalue weighted by atomic mass is 16.5. The molecule has 4 rings (SSSR count). The van der Waals surface area contributed by atoms with Crippen molar-refractivity contribution in [2.75, 3.05) is 34.4 Å². The largest absolute Gasteiger partial charge is 0.493 e. The predicted octanol–water partition coefficient (Wildman–Crippen LogP) is 1.36. The first kappa shape index (κ1) is 16.8. The number of methoxy groups -OCH3 is 3. The van der Waals surface area contributed by atoms with Crippen molar-refractivity contribution < 1.29 is 24.4 Å². The van der Waals surface area contributed by atoms with Gasteiger partial charge in [0.2, 0.25) is 0 Å². The van der Waals surface area contributed by atoms with E-state index in [1.165, 1.54) is 5.57 Å². The second-order valence-corrected chi connectivity index (χ2v) is 7.03. The number of aliphatic hydroxyl groups is 2. The summed E-state index contributed by atoms with van der Waals surface area (Å²) in [6.07, 6.45) is 2.03. The topological polar surface area (TPSA) is 71.4 Å². The lowest BCUT2D eigenvalue weighted by molar-refractivity contribution is -0.0453. The van der Waals surface area contributed by atoms with Gasteiger partial charge in [0.25, 0.3) is 0 Å². The van der Waals surface area contributed by atoms with Crippen LogP contribution in [0.15, 0.2) is 23.8 Å². The highest BCUT2D eigenvalue weighted by molar-refractivity contribution is 5.56. The smallest absolute Gasteiger partial charge is 0.161 e. The van der Waals surface area contributed by atoms with Crippen molar-refractivity contribution >= 4 is 0 Å². The molecular formula is C19H25NO5. The quantitative estimate of drug-likeness (QED) is 0.805. The maximum atomic E-state index is 10.7. The Bertz CT molecular complexity index is 718. The standard InChI is InChI=1S/C19H25NO5/c1-23-16-7-12-13(8-17(16)24-2)19-9-18(25-3)14(21)6-11(19)4-5-20(19)10-15(12)22/h6-8,14-15,18,21-22H,4-5,9-10H2,1-3H3/t14-,15+,18?,19+/m1/s1. The van der Waals surface area contributed by atoms with E-state index in [4.69, 9.17) is 14.2 Å². The summed E-state index contributed by atoms with van der Waals surface area (Å²) < 4.78 is 16.5. The van der Waals surface area contributed by atoms with Gasteiger partial charge in [-0.15, -0.1) is 0 Å². The van der Waals surface area contributed by atoms with Crippen molar-refractivity contribution in [3.63, 3.8) is 0 Å². The molecule has 0 bridgehead atoms. The molecule has 1 unspecified atom stereocenters. The first-order valence-electron chi connectivity index (χ1n) is 8.66. The van der Waals surface area contributed by atoms with Gasteiger partial charge in [0.1, 0.15) is 0 Å². The molecule has 6 heteroatoms. The molecule has 1 aromatic carbocycles.